The lowest BCUT2D eigenvalue weighted by Crippen LogP contribution is -2.42. The maximum absolute atomic E-state index is 11.7. The summed E-state index contributed by atoms with van der Waals surface area (Å²) in [5.74, 6) is 0.808. The number of hydrogen-bond acceptors (Lipinski definition) is 5. The van der Waals surface area contributed by atoms with Crippen LogP contribution in [-0.2, 0) is 14.2 Å². The molecule has 2 N–H and O–H groups in total. The van der Waals surface area contributed by atoms with Gasteiger partial charge in [-0.05, 0) is 39.2 Å². The highest BCUT2D eigenvalue weighted by atomic mass is 16.6. The zero-order valence-electron chi connectivity index (χ0n) is 14.6. The predicted octanol–water partition coefficient (Wildman–Crippen LogP) is 1.79. The van der Waals surface area contributed by atoms with E-state index < -0.39 is 5.60 Å². The first-order valence-corrected chi connectivity index (χ1v) is 8.15. The molecule has 1 fully saturated rings. The average Bonchev–Trinajstić information content (AvgIpc) is 2.41. The van der Waals surface area contributed by atoms with Gasteiger partial charge in [0.2, 0.25) is 0 Å². The summed E-state index contributed by atoms with van der Waals surface area (Å²) in [6, 6.07) is 0. The van der Waals surface area contributed by atoms with Crippen LogP contribution in [0.2, 0.25) is 0 Å². The molecule has 0 aromatic heterocycles. The van der Waals surface area contributed by atoms with E-state index in [9.17, 15) is 4.79 Å². The lowest BCUT2D eigenvalue weighted by molar-refractivity contribution is -0.0865. The van der Waals surface area contributed by atoms with Gasteiger partial charge in [-0.1, -0.05) is 13.8 Å². The number of hydrogen-bond donors (Lipinski definition) is 2. The van der Waals surface area contributed by atoms with E-state index in [1.807, 2.05) is 20.8 Å². The van der Waals surface area contributed by atoms with Crippen molar-refractivity contribution < 1.29 is 19.0 Å². The first-order chi connectivity index (χ1) is 10.3. The number of alkyl carbamates (subject to hydrolysis) is 1. The number of carbonyl (C=O) groups excluding carboxylic acids is 1. The first-order valence-electron chi connectivity index (χ1n) is 8.15. The molecule has 130 valence electrons. The van der Waals surface area contributed by atoms with Gasteiger partial charge < -0.3 is 24.8 Å². The Bertz CT molecular complexity index is 323. The summed E-state index contributed by atoms with van der Waals surface area (Å²) in [7, 11) is 0. The van der Waals surface area contributed by atoms with Crippen LogP contribution in [-0.4, -0.2) is 57.3 Å². The molecule has 6 nitrogen and oxygen atoms in total. The molecule has 2 atom stereocenters. The zero-order valence-corrected chi connectivity index (χ0v) is 14.6. The lowest BCUT2D eigenvalue weighted by Gasteiger charge is -2.26. The first kappa shape index (κ1) is 19.2. The van der Waals surface area contributed by atoms with Crippen molar-refractivity contribution in [1.82, 2.24) is 10.6 Å². The number of ether oxygens (including phenoxy) is 3. The number of carbonyl (C=O) groups is 1. The van der Waals surface area contributed by atoms with Crippen LogP contribution >= 0.6 is 0 Å². The van der Waals surface area contributed by atoms with Crippen LogP contribution in [0.15, 0.2) is 0 Å². The second kappa shape index (κ2) is 9.33. The summed E-state index contributed by atoms with van der Waals surface area (Å²) in [6.45, 7) is 14.1. The molecular formula is C16H32N2O4. The highest BCUT2D eigenvalue weighted by Gasteiger charge is 2.20. The fourth-order valence-corrected chi connectivity index (χ4v) is 2.16. The van der Waals surface area contributed by atoms with E-state index >= 15 is 0 Å². The van der Waals surface area contributed by atoms with Gasteiger partial charge in [0.15, 0.2) is 0 Å². The molecule has 0 aromatic carbocycles. The highest BCUT2D eigenvalue weighted by Crippen LogP contribution is 2.10. The molecule has 1 saturated heterocycles. The fraction of sp³-hybridized carbons (Fsp3) is 0.938. The number of amides is 1. The molecule has 2 unspecified atom stereocenters. The van der Waals surface area contributed by atoms with Crippen LogP contribution < -0.4 is 10.6 Å². The number of nitrogens with one attached hydrogen (secondary N) is 2. The van der Waals surface area contributed by atoms with Crippen molar-refractivity contribution in [2.45, 2.75) is 46.3 Å². The summed E-state index contributed by atoms with van der Waals surface area (Å²) in [5, 5.41) is 6.26. The fourth-order valence-electron chi connectivity index (χ4n) is 2.16. The minimum atomic E-state index is -0.464. The molecule has 1 rings (SSSR count). The monoisotopic (exact) mass is 316 g/mol. The Kier molecular flexibility index (Phi) is 8.14. The summed E-state index contributed by atoms with van der Waals surface area (Å²) < 4.78 is 16.2. The second-order valence-corrected chi connectivity index (χ2v) is 7.11. The molecule has 0 spiro atoms. The van der Waals surface area contributed by atoms with Gasteiger partial charge in [-0.2, -0.15) is 0 Å². The van der Waals surface area contributed by atoms with Crippen LogP contribution in [0.25, 0.3) is 0 Å². The van der Waals surface area contributed by atoms with E-state index in [2.05, 4.69) is 24.5 Å². The van der Waals surface area contributed by atoms with Crippen molar-refractivity contribution in [2.24, 2.45) is 11.8 Å². The maximum Gasteiger partial charge on any atom is 0.407 e. The lowest BCUT2D eigenvalue weighted by atomic mass is 9.95. The van der Waals surface area contributed by atoms with Crippen LogP contribution in [0.3, 0.4) is 0 Å². The van der Waals surface area contributed by atoms with Gasteiger partial charge in [0.1, 0.15) is 5.60 Å². The van der Waals surface area contributed by atoms with E-state index in [-0.39, 0.29) is 12.2 Å². The quantitative estimate of drug-likeness (QED) is 0.749. The predicted molar refractivity (Wildman–Crippen MR) is 86.0 cm³/mol. The third kappa shape index (κ3) is 8.56. The highest BCUT2D eigenvalue weighted by molar-refractivity contribution is 5.67. The van der Waals surface area contributed by atoms with Gasteiger partial charge in [0.05, 0.1) is 25.9 Å². The normalized spacial score (nSPS) is 20.7. The zero-order chi connectivity index (χ0) is 16.6. The Morgan fingerprint density at radius 2 is 2.00 bits per heavy atom. The minimum Gasteiger partial charge on any atom is -0.444 e. The van der Waals surface area contributed by atoms with Crippen molar-refractivity contribution in [3.63, 3.8) is 0 Å². The summed E-state index contributed by atoms with van der Waals surface area (Å²) >= 11 is 0. The molecule has 6 heteroatoms. The van der Waals surface area contributed by atoms with Gasteiger partial charge >= 0.3 is 6.09 Å². The van der Waals surface area contributed by atoms with Crippen molar-refractivity contribution in [2.75, 3.05) is 39.5 Å². The van der Waals surface area contributed by atoms with Crippen LogP contribution in [0, 0.1) is 11.8 Å². The maximum atomic E-state index is 11.7. The largest absolute Gasteiger partial charge is 0.444 e. The Morgan fingerprint density at radius 1 is 1.27 bits per heavy atom. The molecule has 1 amide bonds. The van der Waals surface area contributed by atoms with Gasteiger partial charge in [0.25, 0.3) is 0 Å². The van der Waals surface area contributed by atoms with Crippen LogP contribution in [0.5, 0.6) is 0 Å². The molecule has 22 heavy (non-hydrogen) atoms. The smallest absolute Gasteiger partial charge is 0.407 e. The molecule has 1 aliphatic rings. The van der Waals surface area contributed by atoms with Crippen molar-refractivity contribution in [3.8, 4) is 0 Å². The molecule has 0 aliphatic carbocycles. The van der Waals surface area contributed by atoms with Gasteiger partial charge in [-0.25, -0.2) is 4.79 Å². The topological polar surface area (TPSA) is 68.8 Å². The van der Waals surface area contributed by atoms with Gasteiger partial charge in [-0.15, -0.1) is 0 Å². The molecule has 1 aliphatic heterocycles. The SMILES string of the molecule is CC(C)C(CNCC1COCCO1)CNC(=O)OC(C)(C)C. The Hall–Kier alpha value is -0.850. The van der Waals surface area contributed by atoms with Gasteiger partial charge in [-0.3, -0.25) is 0 Å². The molecule has 1 heterocycles. The molecule has 0 bridgehead atoms. The van der Waals surface area contributed by atoms with E-state index in [0.717, 1.165) is 13.1 Å². The van der Waals surface area contributed by atoms with E-state index in [4.69, 9.17) is 14.2 Å². The Balaban J connectivity index is 2.25. The number of rotatable bonds is 7. The Labute approximate surface area is 134 Å². The third-order valence-electron chi connectivity index (χ3n) is 3.51. The van der Waals surface area contributed by atoms with E-state index in [0.29, 0.717) is 38.2 Å². The molecular weight excluding hydrogens is 284 g/mol. The molecule has 0 radical (unpaired) electrons. The minimum absolute atomic E-state index is 0.125. The summed E-state index contributed by atoms with van der Waals surface area (Å²) in [5.41, 5.74) is -0.464. The van der Waals surface area contributed by atoms with E-state index in [1.54, 1.807) is 0 Å². The standard InChI is InChI=1S/C16H32N2O4/c1-12(2)13(9-18-15(19)22-16(3,4)5)8-17-10-14-11-20-6-7-21-14/h12-14,17H,6-11H2,1-5H3,(H,18,19). The molecule has 0 saturated carbocycles. The van der Waals surface area contributed by atoms with Gasteiger partial charge in [0, 0.05) is 13.1 Å². The Morgan fingerprint density at radius 3 is 2.55 bits per heavy atom. The van der Waals surface area contributed by atoms with E-state index in [1.165, 1.54) is 0 Å². The molecule has 0 aromatic rings. The van der Waals surface area contributed by atoms with Crippen molar-refractivity contribution >= 4 is 6.09 Å². The summed E-state index contributed by atoms with van der Waals surface area (Å²) in [6.07, 6.45) is -0.234. The van der Waals surface area contributed by atoms with Crippen molar-refractivity contribution in [1.29, 1.82) is 0 Å². The third-order valence-corrected chi connectivity index (χ3v) is 3.51. The van der Waals surface area contributed by atoms with Crippen LogP contribution in [0.4, 0.5) is 4.79 Å². The van der Waals surface area contributed by atoms with Crippen molar-refractivity contribution in [3.05, 3.63) is 0 Å². The average molecular weight is 316 g/mol. The van der Waals surface area contributed by atoms with Crippen LogP contribution in [0.1, 0.15) is 34.6 Å². The summed E-state index contributed by atoms with van der Waals surface area (Å²) in [4.78, 5) is 11.7. The second-order valence-electron chi connectivity index (χ2n) is 7.11.